The van der Waals surface area contributed by atoms with Crippen LogP contribution in [0.25, 0.3) is 0 Å². The van der Waals surface area contributed by atoms with E-state index in [1.54, 1.807) is 0 Å². The molecule has 1 saturated heterocycles. The minimum atomic E-state index is 0. The van der Waals surface area contributed by atoms with Crippen LogP contribution in [0.1, 0.15) is 25.3 Å². The number of hydrogen-bond acceptors (Lipinski definition) is 4. The second-order valence-corrected chi connectivity index (χ2v) is 6.06. The first-order valence-corrected chi connectivity index (χ1v) is 9.19. The third-order valence-electron chi connectivity index (χ3n) is 3.84. The number of aliphatic imine (C=N–C) groups is 1. The molecule has 7 heteroatoms. The lowest BCUT2D eigenvalue weighted by atomic mass is 10.2. The third-order valence-corrected chi connectivity index (χ3v) is 3.84. The van der Waals surface area contributed by atoms with E-state index in [0.29, 0.717) is 13.2 Å². The van der Waals surface area contributed by atoms with Crippen LogP contribution >= 0.6 is 24.0 Å². The number of nitrogens with one attached hydrogen (secondary N) is 2. The van der Waals surface area contributed by atoms with Crippen LogP contribution in [0.4, 0.5) is 0 Å². The molecule has 0 amide bonds. The van der Waals surface area contributed by atoms with Gasteiger partial charge in [-0.2, -0.15) is 0 Å². The van der Waals surface area contributed by atoms with E-state index < -0.39 is 0 Å². The number of ether oxygens (including phenoxy) is 3. The van der Waals surface area contributed by atoms with E-state index in [1.165, 1.54) is 5.56 Å². The van der Waals surface area contributed by atoms with Gasteiger partial charge < -0.3 is 24.8 Å². The van der Waals surface area contributed by atoms with Gasteiger partial charge in [0.1, 0.15) is 12.4 Å². The van der Waals surface area contributed by atoms with E-state index in [-0.39, 0.29) is 30.1 Å². The molecule has 2 N–H and O–H groups in total. The van der Waals surface area contributed by atoms with Crippen LogP contribution in [0, 0.1) is 6.92 Å². The maximum Gasteiger partial charge on any atom is 0.191 e. The van der Waals surface area contributed by atoms with Crippen LogP contribution in [-0.2, 0) is 9.47 Å². The molecule has 0 saturated carbocycles. The van der Waals surface area contributed by atoms with Crippen molar-refractivity contribution >= 4 is 29.9 Å². The average Bonchev–Trinajstić information content (AvgIpc) is 3.13. The van der Waals surface area contributed by atoms with Gasteiger partial charge in [-0.05, 0) is 38.8 Å². The number of nitrogens with zero attached hydrogens (tertiary/aromatic N) is 1. The molecule has 1 aliphatic heterocycles. The molecule has 1 unspecified atom stereocenters. The third kappa shape index (κ3) is 9.59. The van der Waals surface area contributed by atoms with Crippen LogP contribution in [0.3, 0.4) is 0 Å². The van der Waals surface area contributed by atoms with Crippen molar-refractivity contribution in [2.45, 2.75) is 32.8 Å². The summed E-state index contributed by atoms with van der Waals surface area (Å²) >= 11 is 0. The molecular weight excluding hydrogens is 445 g/mol. The van der Waals surface area contributed by atoms with Crippen LogP contribution in [-0.4, -0.2) is 58.1 Å². The van der Waals surface area contributed by atoms with Gasteiger partial charge in [0.25, 0.3) is 0 Å². The topological polar surface area (TPSA) is 64.1 Å². The number of rotatable bonds is 10. The van der Waals surface area contributed by atoms with Crippen molar-refractivity contribution in [2.24, 2.45) is 4.99 Å². The number of aryl methyl sites for hydroxylation is 1. The number of guanidine groups is 1. The predicted octanol–water partition coefficient (Wildman–Crippen LogP) is 2.74. The Morgan fingerprint density at radius 2 is 2.04 bits per heavy atom. The second kappa shape index (κ2) is 14.1. The zero-order valence-corrected chi connectivity index (χ0v) is 18.2. The summed E-state index contributed by atoms with van der Waals surface area (Å²) in [6.07, 6.45) is 2.19. The van der Waals surface area contributed by atoms with Crippen molar-refractivity contribution in [2.75, 3.05) is 46.1 Å². The fourth-order valence-corrected chi connectivity index (χ4v) is 2.46. The molecule has 1 atom stereocenters. The lowest BCUT2D eigenvalue weighted by Crippen LogP contribution is -2.39. The van der Waals surface area contributed by atoms with Gasteiger partial charge in [0, 0.05) is 26.3 Å². The van der Waals surface area contributed by atoms with Gasteiger partial charge in [-0.3, -0.25) is 4.99 Å². The monoisotopic (exact) mass is 477 g/mol. The average molecular weight is 477 g/mol. The molecule has 1 aliphatic rings. The highest BCUT2D eigenvalue weighted by Crippen LogP contribution is 2.10. The molecule has 1 aromatic carbocycles. The zero-order valence-electron chi connectivity index (χ0n) is 15.8. The summed E-state index contributed by atoms with van der Waals surface area (Å²) < 4.78 is 16.8. The zero-order chi connectivity index (χ0) is 17.7. The minimum Gasteiger partial charge on any atom is -0.492 e. The van der Waals surface area contributed by atoms with Crippen LogP contribution in [0.5, 0.6) is 5.75 Å². The second-order valence-electron chi connectivity index (χ2n) is 6.06. The maximum absolute atomic E-state index is 5.75. The summed E-state index contributed by atoms with van der Waals surface area (Å²) in [4.78, 5) is 4.56. The molecule has 0 aromatic heterocycles. The van der Waals surface area contributed by atoms with Gasteiger partial charge in [0.15, 0.2) is 5.96 Å². The first-order chi connectivity index (χ1) is 12.3. The molecule has 0 bridgehead atoms. The molecule has 2 rings (SSSR count). The van der Waals surface area contributed by atoms with E-state index in [1.807, 2.05) is 24.3 Å². The summed E-state index contributed by atoms with van der Waals surface area (Å²) in [6.45, 7) is 9.28. The Bertz CT molecular complexity index is 505. The normalized spacial score (nSPS) is 16.8. The van der Waals surface area contributed by atoms with Gasteiger partial charge in [0.05, 0.1) is 19.3 Å². The molecule has 148 valence electrons. The fraction of sp³-hybridized carbons (Fsp3) is 0.632. The highest BCUT2D eigenvalue weighted by molar-refractivity contribution is 14.0. The maximum atomic E-state index is 5.75. The number of benzene rings is 1. The van der Waals surface area contributed by atoms with E-state index >= 15 is 0 Å². The van der Waals surface area contributed by atoms with Gasteiger partial charge >= 0.3 is 0 Å². The Morgan fingerprint density at radius 3 is 2.73 bits per heavy atom. The lowest BCUT2D eigenvalue weighted by molar-refractivity contribution is 0.0424. The van der Waals surface area contributed by atoms with E-state index in [4.69, 9.17) is 14.2 Å². The largest absolute Gasteiger partial charge is 0.492 e. The van der Waals surface area contributed by atoms with Crippen LogP contribution in [0.2, 0.25) is 0 Å². The first kappa shape index (κ1) is 23.0. The molecule has 0 spiro atoms. The Kier molecular flexibility index (Phi) is 12.4. The van der Waals surface area contributed by atoms with Crippen LogP contribution in [0.15, 0.2) is 29.3 Å². The van der Waals surface area contributed by atoms with Gasteiger partial charge in [-0.15, -0.1) is 24.0 Å². The van der Waals surface area contributed by atoms with E-state index in [2.05, 4.69) is 29.5 Å². The van der Waals surface area contributed by atoms with Gasteiger partial charge in [-0.1, -0.05) is 17.7 Å². The summed E-state index contributed by atoms with van der Waals surface area (Å²) in [6, 6.07) is 8.08. The Labute approximate surface area is 174 Å². The molecule has 1 fully saturated rings. The summed E-state index contributed by atoms with van der Waals surface area (Å²) in [5.74, 6) is 1.71. The SMILES string of the molecule is CCNC(=NCCCOC1CCOC1)NCCOc1ccc(C)cc1.I. The van der Waals surface area contributed by atoms with Crippen molar-refractivity contribution < 1.29 is 14.2 Å². The molecule has 0 aliphatic carbocycles. The number of hydrogen-bond donors (Lipinski definition) is 2. The molecular formula is C19H32IN3O3. The van der Waals surface area contributed by atoms with E-state index in [0.717, 1.165) is 57.5 Å². The molecule has 0 radical (unpaired) electrons. The molecule has 1 heterocycles. The van der Waals surface area contributed by atoms with Crippen molar-refractivity contribution in [3.05, 3.63) is 29.8 Å². The summed E-state index contributed by atoms with van der Waals surface area (Å²) in [7, 11) is 0. The van der Waals surface area contributed by atoms with Gasteiger partial charge in [0.2, 0.25) is 0 Å². The lowest BCUT2D eigenvalue weighted by Gasteiger charge is -2.12. The van der Waals surface area contributed by atoms with Crippen molar-refractivity contribution in [3.63, 3.8) is 0 Å². The minimum absolute atomic E-state index is 0. The molecule has 6 nitrogen and oxygen atoms in total. The Hall–Kier alpha value is -1.06. The fourth-order valence-electron chi connectivity index (χ4n) is 2.46. The van der Waals surface area contributed by atoms with Crippen molar-refractivity contribution in [1.82, 2.24) is 10.6 Å². The highest BCUT2D eigenvalue weighted by Gasteiger charge is 2.15. The Balaban J connectivity index is 0.00000338. The molecule has 1 aromatic rings. The standard InChI is InChI=1S/C19H31N3O3.HI/c1-3-20-19(21-10-4-12-24-18-9-13-23-15-18)22-11-14-25-17-7-5-16(2)6-8-17;/h5-8,18H,3-4,9-15H2,1-2H3,(H2,20,21,22);1H. The summed E-state index contributed by atoms with van der Waals surface area (Å²) in [5.41, 5.74) is 1.23. The quantitative estimate of drug-likeness (QED) is 0.235. The van der Waals surface area contributed by atoms with Crippen LogP contribution < -0.4 is 15.4 Å². The smallest absolute Gasteiger partial charge is 0.191 e. The predicted molar refractivity (Wildman–Crippen MR) is 116 cm³/mol. The Morgan fingerprint density at radius 1 is 1.23 bits per heavy atom. The van der Waals surface area contributed by atoms with E-state index in [9.17, 15) is 0 Å². The van der Waals surface area contributed by atoms with Crippen molar-refractivity contribution in [3.8, 4) is 5.75 Å². The number of halogens is 1. The summed E-state index contributed by atoms with van der Waals surface area (Å²) in [5, 5.41) is 6.53. The van der Waals surface area contributed by atoms with Gasteiger partial charge in [-0.25, -0.2) is 0 Å². The molecule has 26 heavy (non-hydrogen) atoms. The first-order valence-electron chi connectivity index (χ1n) is 9.19. The highest BCUT2D eigenvalue weighted by atomic mass is 127. The van der Waals surface area contributed by atoms with Crippen molar-refractivity contribution in [1.29, 1.82) is 0 Å².